The third-order valence-corrected chi connectivity index (χ3v) is 4.74. The summed E-state index contributed by atoms with van der Waals surface area (Å²) in [4.78, 5) is 49.3. The molecule has 1 saturated heterocycles. The number of carbonyl (C=O) groups is 4. The second kappa shape index (κ2) is 13.6. The Hall–Kier alpha value is -2.89. The van der Waals surface area contributed by atoms with Gasteiger partial charge in [0.1, 0.15) is 12.7 Å². The minimum atomic E-state index is -2.13. The van der Waals surface area contributed by atoms with Crippen molar-refractivity contribution in [2.24, 2.45) is 5.11 Å². The van der Waals surface area contributed by atoms with Gasteiger partial charge < -0.3 is 28.8 Å². The molecule has 1 aliphatic heterocycles. The fourth-order valence-corrected chi connectivity index (χ4v) is 3.52. The van der Waals surface area contributed by atoms with E-state index in [-0.39, 0.29) is 6.42 Å². The summed E-state index contributed by atoms with van der Waals surface area (Å²) < 4.78 is 26.6. The first-order valence-electron chi connectivity index (χ1n) is 10.6. The lowest BCUT2D eigenvalue weighted by atomic mass is 9.88. The number of esters is 4. The summed E-state index contributed by atoms with van der Waals surface area (Å²) in [6.07, 6.45) is -3.10. The summed E-state index contributed by atoms with van der Waals surface area (Å²) in [6, 6.07) is 0. The number of hydrogen-bond donors (Lipinski definition) is 1. The topological polar surface area (TPSA) is 183 Å². The molecule has 1 fully saturated rings. The Kier molecular flexibility index (Phi) is 11.6. The highest BCUT2D eigenvalue weighted by atomic mass is 16.7. The van der Waals surface area contributed by atoms with Crippen LogP contribution in [0.25, 0.3) is 10.4 Å². The second-order valence-electron chi connectivity index (χ2n) is 7.60. The van der Waals surface area contributed by atoms with Crippen molar-refractivity contribution in [3.63, 3.8) is 0 Å². The zero-order valence-electron chi connectivity index (χ0n) is 19.2. The van der Waals surface area contributed by atoms with Crippen LogP contribution in [-0.2, 0) is 42.9 Å². The molecule has 13 nitrogen and oxygen atoms in total. The Labute approximate surface area is 191 Å². The number of aliphatic hydroxyl groups is 1. The van der Waals surface area contributed by atoms with E-state index < -0.39 is 60.7 Å². The Morgan fingerprint density at radius 1 is 0.909 bits per heavy atom. The normalized spacial score (nSPS) is 26.5. The van der Waals surface area contributed by atoms with Gasteiger partial charge in [0.25, 0.3) is 0 Å². The highest BCUT2D eigenvalue weighted by molar-refractivity contribution is 5.68. The highest BCUT2D eigenvalue weighted by Crippen LogP contribution is 2.37. The molecule has 0 bridgehead atoms. The lowest BCUT2D eigenvalue weighted by Gasteiger charge is -2.48. The molecule has 5 atom stereocenters. The van der Waals surface area contributed by atoms with Gasteiger partial charge >= 0.3 is 23.9 Å². The third-order valence-electron chi connectivity index (χ3n) is 4.74. The molecule has 1 rings (SSSR count). The van der Waals surface area contributed by atoms with Crippen molar-refractivity contribution in [1.82, 2.24) is 0 Å². The van der Waals surface area contributed by atoms with Crippen LogP contribution in [-0.4, -0.2) is 72.3 Å². The molecule has 0 spiro atoms. The van der Waals surface area contributed by atoms with Crippen LogP contribution in [0.5, 0.6) is 0 Å². The first-order valence-corrected chi connectivity index (χ1v) is 10.6. The predicted molar refractivity (Wildman–Crippen MR) is 110 cm³/mol. The first kappa shape index (κ1) is 28.1. The van der Waals surface area contributed by atoms with E-state index in [2.05, 4.69) is 10.0 Å². The summed E-state index contributed by atoms with van der Waals surface area (Å²) in [5, 5.41) is 14.8. The maximum Gasteiger partial charge on any atom is 0.303 e. The molecule has 0 amide bonds. The molecule has 0 aromatic heterocycles. The van der Waals surface area contributed by atoms with Crippen molar-refractivity contribution in [3.8, 4) is 0 Å². The van der Waals surface area contributed by atoms with Crippen LogP contribution in [0.4, 0.5) is 0 Å². The van der Waals surface area contributed by atoms with Gasteiger partial charge in [-0.2, -0.15) is 0 Å². The smallest absolute Gasteiger partial charge is 0.303 e. The molecular weight excluding hydrogens is 442 g/mol. The second-order valence-corrected chi connectivity index (χ2v) is 7.60. The van der Waals surface area contributed by atoms with Crippen LogP contribution in [0.1, 0.15) is 59.8 Å². The summed E-state index contributed by atoms with van der Waals surface area (Å²) in [7, 11) is 0. The summed E-state index contributed by atoms with van der Waals surface area (Å²) in [6.45, 7) is 4.42. The number of rotatable bonds is 12. The Balaban J connectivity index is 3.18. The minimum Gasteiger partial charge on any atom is -0.463 e. The van der Waals surface area contributed by atoms with Crippen LogP contribution in [0.3, 0.4) is 0 Å². The molecule has 1 aliphatic rings. The van der Waals surface area contributed by atoms with Crippen LogP contribution < -0.4 is 0 Å². The monoisotopic (exact) mass is 473 g/mol. The van der Waals surface area contributed by atoms with Crippen LogP contribution in [0.15, 0.2) is 5.11 Å². The van der Waals surface area contributed by atoms with E-state index in [0.29, 0.717) is 32.2 Å². The Bertz CT molecular complexity index is 754. The SMILES string of the molecule is CC(=O)OC[C@H]1O[C@](O)(CCCCCCN=[N+]=[N-])[C@H](OC(C)=O)[C@@H](OC(C)=O)[C@H]1OC(C)=O. The van der Waals surface area contributed by atoms with E-state index in [4.69, 9.17) is 29.2 Å². The molecular formula is C20H31N3O10. The van der Waals surface area contributed by atoms with Crippen molar-refractivity contribution >= 4 is 23.9 Å². The van der Waals surface area contributed by atoms with Gasteiger partial charge in [-0.25, -0.2) is 0 Å². The number of nitrogens with zero attached hydrogens (tertiary/aromatic N) is 3. The largest absolute Gasteiger partial charge is 0.463 e. The number of unbranched alkanes of at least 4 members (excludes halogenated alkanes) is 3. The van der Waals surface area contributed by atoms with Gasteiger partial charge in [-0.1, -0.05) is 18.0 Å². The van der Waals surface area contributed by atoms with Gasteiger partial charge in [-0.05, 0) is 18.4 Å². The van der Waals surface area contributed by atoms with E-state index in [1.165, 1.54) is 0 Å². The van der Waals surface area contributed by atoms with E-state index in [1.807, 2.05) is 0 Å². The number of ether oxygens (including phenoxy) is 5. The molecule has 0 saturated carbocycles. The number of azide groups is 1. The maximum absolute atomic E-state index is 11.8. The van der Waals surface area contributed by atoms with Crippen molar-refractivity contribution in [2.45, 2.75) is 90.0 Å². The fraction of sp³-hybridized carbons (Fsp3) is 0.800. The molecule has 1 heterocycles. The van der Waals surface area contributed by atoms with Gasteiger partial charge in [0, 0.05) is 45.6 Å². The van der Waals surface area contributed by atoms with Gasteiger partial charge in [-0.3, -0.25) is 19.2 Å². The minimum absolute atomic E-state index is 0.0341. The standard InChI is InChI=1S/C20H31N3O10/c1-12(24)29-11-16-17(30-13(2)25)18(31-14(3)26)19(32-15(4)27)20(28,33-16)9-7-5-6-8-10-22-23-21/h16-19,28H,5-11H2,1-4H3/t16-,17+,18+,19-,20-/m1/s1. The van der Waals surface area contributed by atoms with Gasteiger partial charge in [0.2, 0.25) is 5.79 Å². The van der Waals surface area contributed by atoms with Crippen LogP contribution in [0, 0.1) is 0 Å². The fourth-order valence-electron chi connectivity index (χ4n) is 3.52. The molecule has 33 heavy (non-hydrogen) atoms. The van der Waals surface area contributed by atoms with Crippen LogP contribution >= 0.6 is 0 Å². The summed E-state index contributed by atoms with van der Waals surface area (Å²) >= 11 is 0. The molecule has 0 aromatic carbocycles. The van der Waals surface area contributed by atoms with E-state index in [1.54, 1.807) is 0 Å². The molecule has 0 aliphatic carbocycles. The van der Waals surface area contributed by atoms with Crippen molar-refractivity contribution < 1.29 is 48.0 Å². The van der Waals surface area contributed by atoms with Crippen LogP contribution in [0.2, 0.25) is 0 Å². The third kappa shape index (κ3) is 9.64. The summed E-state index contributed by atoms with van der Waals surface area (Å²) in [5.74, 6) is -5.08. The summed E-state index contributed by atoms with van der Waals surface area (Å²) in [5.41, 5.74) is 8.31. The zero-order valence-corrected chi connectivity index (χ0v) is 19.2. The average Bonchev–Trinajstić information content (AvgIpc) is 2.70. The lowest BCUT2D eigenvalue weighted by molar-refractivity contribution is -0.354. The average molecular weight is 473 g/mol. The highest BCUT2D eigenvalue weighted by Gasteiger charge is 2.59. The number of hydrogen-bond acceptors (Lipinski definition) is 11. The van der Waals surface area contributed by atoms with Gasteiger partial charge in [0.05, 0.1) is 0 Å². The van der Waals surface area contributed by atoms with Crippen molar-refractivity contribution in [3.05, 3.63) is 10.4 Å². The van der Waals surface area contributed by atoms with Gasteiger partial charge in [0.15, 0.2) is 18.3 Å². The maximum atomic E-state index is 11.8. The van der Waals surface area contributed by atoms with E-state index in [9.17, 15) is 24.3 Å². The van der Waals surface area contributed by atoms with E-state index in [0.717, 1.165) is 27.7 Å². The molecule has 186 valence electrons. The van der Waals surface area contributed by atoms with E-state index >= 15 is 0 Å². The van der Waals surface area contributed by atoms with Crippen molar-refractivity contribution in [1.29, 1.82) is 0 Å². The Morgan fingerprint density at radius 2 is 1.48 bits per heavy atom. The van der Waals surface area contributed by atoms with Gasteiger partial charge in [-0.15, -0.1) is 0 Å². The predicted octanol–water partition coefficient (Wildman–Crippen LogP) is 1.69. The number of carbonyl (C=O) groups excluding carboxylic acids is 4. The molecule has 0 radical (unpaired) electrons. The quantitative estimate of drug-likeness (QED) is 0.109. The first-order chi connectivity index (χ1) is 15.5. The van der Waals surface area contributed by atoms with Crippen molar-refractivity contribution in [2.75, 3.05) is 13.2 Å². The molecule has 13 heteroatoms. The molecule has 0 aromatic rings. The Morgan fingerprint density at radius 3 is 2.03 bits per heavy atom. The lowest BCUT2D eigenvalue weighted by Crippen LogP contribution is -2.68. The zero-order chi connectivity index (χ0) is 25.0. The molecule has 1 N–H and O–H groups in total. The molecule has 0 unspecified atom stereocenters.